The van der Waals surface area contributed by atoms with Gasteiger partial charge < -0.3 is 19.3 Å². The first-order valence-corrected chi connectivity index (χ1v) is 8.13. The van der Waals surface area contributed by atoms with Gasteiger partial charge in [-0.15, -0.1) is 0 Å². The van der Waals surface area contributed by atoms with Crippen molar-refractivity contribution in [1.29, 1.82) is 0 Å². The fourth-order valence-corrected chi connectivity index (χ4v) is 3.16. The molecule has 0 aliphatic carbocycles. The van der Waals surface area contributed by atoms with E-state index in [2.05, 4.69) is 0 Å². The van der Waals surface area contributed by atoms with Crippen LogP contribution in [-0.4, -0.2) is 31.3 Å². The van der Waals surface area contributed by atoms with E-state index in [4.69, 9.17) is 14.2 Å². The minimum atomic E-state index is -0.514. The molecule has 1 unspecified atom stereocenters. The maximum Gasteiger partial charge on any atom is 0.342 e. The minimum Gasteiger partial charge on any atom is -0.507 e. The number of benzene rings is 1. The molecule has 136 valence electrons. The molecule has 6 nitrogen and oxygen atoms in total. The van der Waals surface area contributed by atoms with Crippen molar-refractivity contribution in [2.45, 2.75) is 40.2 Å². The summed E-state index contributed by atoms with van der Waals surface area (Å²) in [5, 5.41) is 10.6. The van der Waals surface area contributed by atoms with E-state index < -0.39 is 5.97 Å². The van der Waals surface area contributed by atoms with Gasteiger partial charge in [0, 0.05) is 11.1 Å². The molecule has 1 aromatic carbocycles. The van der Waals surface area contributed by atoms with Crippen LogP contribution >= 0.6 is 0 Å². The molecule has 0 radical (unpaired) electrons. The number of hydrogen-bond acceptors (Lipinski definition) is 6. The van der Waals surface area contributed by atoms with E-state index in [9.17, 15) is 14.7 Å². The number of aromatic hydroxyl groups is 1. The lowest BCUT2D eigenvalue weighted by Gasteiger charge is -2.16. The Bertz CT molecular complexity index is 732. The molecular weight excluding hydrogens is 324 g/mol. The fourth-order valence-electron chi connectivity index (χ4n) is 3.16. The highest BCUT2D eigenvalue weighted by molar-refractivity contribution is 5.98. The summed E-state index contributed by atoms with van der Waals surface area (Å²) in [6, 6.07) is 0. The molecule has 0 bridgehead atoms. The quantitative estimate of drug-likeness (QED) is 0.628. The number of rotatable bonds is 6. The smallest absolute Gasteiger partial charge is 0.342 e. The summed E-state index contributed by atoms with van der Waals surface area (Å²) in [4.78, 5) is 23.4. The van der Waals surface area contributed by atoms with Gasteiger partial charge in [0.1, 0.15) is 23.7 Å². The van der Waals surface area contributed by atoms with E-state index >= 15 is 0 Å². The summed E-state index contributed by atoms with van der Waals surface area (Å²) in [5.74, 6) is -0.554. The Morgan fingerprint density at radius 3 is 2.68 bits per heavy atom. The topological polar surface area (TPSA) is 82.1 Å². The highest BCUT2D eigenvalue weighted by atomic mass is 16.5. The number of allylic oxidation sites excluding steroid dienone is 2. The van der Waals surface area contributed by atoms with Crippen molar-refractivity contribution < 1.29 is 28.9 Å². The van der Waals surface area contributed by atoms with E-state index in [1.807, 2.05) is 19.9 Å². The molecule has 1 heterocycles. The van der Waals surface area contributed by atoms with Crippen LogP contribution in [0, 0.1) is 12.8 Å². The number of cyclic esters (lactones) is 1. The van der Waals surface area contributed by atoms with Crippen molar-refractivity contribution in [3.63, 3.8) is 0 Å². The van der Waals surface area contributed by atoms with Gasteiger partial charge in [-0.3, -0.25) is 4.79 Å². The predicted octanol–water partition coefficient (Wildman–Crippen LogP) is 3.07. The van der Waals surface area contributed by atoms with Crippen LogP contribution in [0.4, 0.5) is 0 Å². The van der Waals surface area contributed by atoms with Crippen LogP contribution in [0.2, 0.25) is 0 Å². The molecule has 6 heteroatoms. The highest BCUT2D eigenvalue weighted by Gasteiger charge is 2.31. The largest absolute Gasteiger partial charge is 0.507 e. The third-order valence-electron chi connectivity index (χ3n) is 4.53. The van der Waals surface area contributed by atoms with Gasteiger partial charge in [-0.25, -0.2) is 4.79 Å². The van der Waals surface area contributed by atoms with E-state index in [1.165, 1.54) is 14.2 Å². The predicted molar refractivity (Wildman–Crippen MR) is 91.8 cm³/mol. The zero-order valence-electron chi connectivity index (χ0n) is 15.3. The average molecular weight is 348 g/mol. The number of hydrogen-bond donors (Lipinski definition) is 1. The first-order valence-electron chi connectivity index (χ1n) is 8.13. The van der Waals surface area contributed by atoms with Gasteiger partial charge in [-0.1, -0.05) is 18.6 Å². The lowest BCUT2D eigenvalue weighted by molar-refractivity contribution is -0.144. The monoisotopic (exact) mass is 348 g/mol. The molecule has 1 aromatic rings. The highest BCUT2D eigenvalue weighted by Crippen LogP contribution is 2.42. The van der Waals surface area contributed by atoms with Crippen molar-refractivity contribution in [1.82, 2.24) is 0 Å². The van der Waals surface area contributed by atoms with E-state index in [0.717, 1.165) is 11.1 Å². The molecule has 0 spiro atoms. The molecule has 0 saturated carbocycles. The third-order valence-corrected chi connectivity index (χ3v) is 4.53. The summed E-state index contributed by atoms with van der Waals surface area (Å²) in [6.45, 7) is 5.71. The summed E-state index contributed by atoms with van der Waals surface area (Å²) in [7, 11) is 2.90. The maximum atomic E-state index is 11.9. The van der Waals surface area contributed by atoms with Crippen LogP contribution in [0.5, 0.6) is 11.5 Å². The zero-order chi connectivity index (χ0) is 18.7. The molecule has 1 aliphatic rings. The number of carbonyl (C=O) groups is 2. The van der Waals surface area contributed by atoms with Crippen molar-refractivity contribution in [3.05, 3.63) is 33.9 Å². The van der Waals surface area contributed by atoms with E-state index in [1.54, 1.807) is 6.92 Å². The zero-order valence-corrected chi connectivity index (χ0v) is 15.3. The molecule has 0 amide bonds. The van der Waals surface area contributed by atoms with Gasteiger partial charge in [-0.05, 0) is 32.3 Å². The third kappa shape index (κ3) is 3.62. The Labute approximate surface area is 147 Å². The van der Waals surface area contributed by atoms with E-state index in [0.29, 0.717) is 29.7 Å². The van der Waals surface area contributed by atoms with E-state index in [-0.39, 0.29) is 29.8 Å². The number of fused-ring (bicyclic) bond motifs is 1. The molecule has 2 rings (SSSR count). The average Bonchev–Trinajstić information content (AvgIpc) is 2.98. The van der Waals surface area contributed by atoms with Gasteiger partial charge in [0.25, 0.3) is 0 Å². The fraction of sp³-hybridized carbons (Fsp3) is 0.474. The molecule has 1 N–H and O–H groups in total. The van der Waals surface area contributed by atoms with Crippen molar-refractivity contribution in [2.24, 2.45) is 5.92 Å². The summed E-state index contributed by atoms with van der Waals surface area (Å²) in [5.41, 5.74) is 3.22. The Morgan fingerprint density at radius 2 is 2.08 bits per heavy atom. The maximum absolute atomic E-state index is 11.9. The number of carbonyl (C=O) groups excluding carboxylic acids is 2. The minimum absolute atomic E-state index is 0.0926. The Kier molecular flexibility index (Phi) is 5.72. The normalized spacial score (nSPS) is 14.8. The molecule has 1 atom stereocenters. The van der Waals surface area contributed by atoms with Crippen LogP contribution in [0.25, 0.3) is 0 Å². The lowest BCUT2D eigenvalue weighted by Crippen LogP contribution is -2.12. The van der Waals surface area contributed by atoms with Crippen molar-refractivity contribution in [3.8, 4) is 11.5 Å². The summed E-state index contributed by atoms with van der Waals surface area (Å²) >= 11 is 0. The number of methoxy groups -OCH3 is 2. The van der Waals surface area contributed by atoms with Crippen molar-refractivity contribution in [2.75, 3.05) is 14.2 Å². The second-order valence-corrected chi connectivity index (χ2v) is 6.30. The number of phenols is 1. The molecular formula is C19H24O6. The molecule has 0 saturated heterocycles. The molecule has 1 aliphatic heterocycles. The van der Waals surface area contributed by atoms with Crippen LogP contribution in [0.1, 0.15) is 47.3 Å². The Balaban J connectivity index is 2.32. The van der Waals surface area contributed by atoms with Crippen molar-refractivity contribution >= 4 is 11.9 Å². The Hall–Kier alpha value is -2.50. The summed E-state index contributed by atoms with van der Waals surface area (Å²) < 4.78 is 15.2. The molecule has 0 fully saturated rings. The van der Waals surface area contributed by atoms with Gasteiger partial charge in [0.15, 0.2) is 0 Å². The number of ether oxygens (including phenoxy) is 3. The number of phenolic OH excluding ortho intramolecular Hbond substituents is 1. The first-order chi connectivity index (χ1) is 11.8. The van der Waals surface area contributed by atoms with Gasteiger partial charge in [0.2, 0.25) is 0 Å². The first kappa shape index (κ1) is 18.8. The number of esters is 2. The second kappa shape index (κ2) is 7.59. The van der Waals surface area contributed by atoms with Crippen LogP contribution in [-0.2, 0) is 27.3 Å². The summed E-state index contributed by atoms with van der Waals surface area (Å²) in [6.07, 6.45) is 2.86. The molecule has 0 aromatic heterocycles. The molecule has 25 heavy (non-hydrogen) atoms. The van der Waals surface area contributed by atoms with Gasteiger partial charge in [-0.2, -0.15) is 0 Å². The van der Waals surface area contributed by atoms with Crippen LogP contribution < -0.4 is 4.74 Å². The standard InChI is InChI=1S/C19H24O6/c1-10(8-11(2)18(21)24-5)6-7-13-16(20)15-14(9-25-19(15)22)12(3)17(13)23-4/h6,11,20H,7-9H2,1-5H3/b10-6+. The Morgan fingerprint density at radius 1 is 1.40 bits per heavy atom. The van der Waals surface area contributed by atoms with Gasteiger partial charge in [0.05, 0.1) is 20.1 Å². The van der Waals surface area contributed by atoms with Gasteiger partial charge >= 0.3 is 11.9 Å². The lowest BCUT2D eigenvalue weighted by atomic mass is 9.94. The SMILES string of the molecule is COC(=O)C(C)C/C(C)=C/Cc1c(O)c2c(c(C)c1OC)COC2=O. The second-order valence-electron chi connectivity index (χ2n) is 6.30. The van der Waals surface area contributed by atoms with Crippen LogP contribution in [0.15, 0.2) is 11.6 Å². The van der Waals surface area contributed by atoms with Crippen LogP contribution in [0.3, 0.4) is 0 Å².